The number of likely N-dealkylation sites (tertiary alicyclic amines) is 1. The first kappa shape index (κ1) is 18.0. The number of nitrogens with one attached hydrogen (secondary N) is 2. The summed E-state index contributed by atoms with van der Waals surface area (Å²) in [5.41, 5.74) is 0.861. The molecule has 8 nitrogen and oxygen atoms in total. The van der Waals surface area contributed by atoms with E-state index in [9.17, 15) is 14.4 Å². The Morgan fingerprint density at radius 3 is 2.81 bits per heavy atom. The third-order valence-corrected chi connectivity index (χ3v) is 4.29. The summed E-state index contributed by atoms with van der Waals surface area (Å²) in [5, 5.41) is 5.33. The molecule has 3 amide bonds. The van der Waals surface area contributed by atoms with Gasteiger partial charge in [-0.25, -0.2) is 0 Å². The van der Waals surface area contributed by atoms with Crippen LogP contribution in [0.3, 0.4) is 0 Å². The number of ether oxygens (including phenoxy) is 2. The van der Waals surface area contributed by atoms with Crippen LogP contribution in [0.25, 0.3) is 0 Å². The van der Waals surface area contributed by atoms with Crippen molar-refractivity contribution in [3.05, 3.63) is 23.8 Å². The van der Waals surface area contributed by atoms with Crippen molar-refractivity contribution in [3.8, 4) is 11.5 Å². The molecule has 1 aromatic rings. The molecule has 0 bridgehead atoms. The van der Waals surface area contributed by atoms with E-state index in [0.29, 0.717) is 30.9 Å². The van der Waals surface area contributed by atoms with Crippen molar-refractivity contribution in [2.24, 2.45) is 0 Å². The predicted molar refractivity (Wildman–Crippen MR) is 92.4 cm³/mol. The smallest absolute Gasteiger partial charge is 0.243 e. The standard InChI is InChI=1S/C18H23N3O5/c1-11(2)20-16(22)8-19-18(24)13-4-6-17(23)21(13)9-12-3-5-14-15(7-12)26-10-25-14/h3,5,7,11,13H,4,6,8-10H2,1-2H3,(H,19,24)(H,20,22). The first-order valence-corrected chi connectivity index (χ1v) is 8.69. The lowest BCUT2D eigenvalue weighted by molar-refractivity contribution is -0.136. The van der Waals surface area contributed by atoms with Gasteiger partial charge in [-0.1, -0.05) is 6.07 Å². The maximum absolute atomic E-state index is 12.4. The van der Waals surface area contributed by atoms with Crippen molar-refractivity contribution in [3.63, 3.8) is 0 Å². The van der Waals surface area contributed by atoms with Crippen molar-refractivity contribution in [1.82, 2.24) is 15.5 Å². The van der Waals surface area contributed by atoms with Crippen LogP contribution in [0.5, 0.6) is 11.5 Å². The van der Waals surface area contributed by atoms with Crippen molar-refractivity contribution in [2.75, 3.05) is 13.3 Å². The van der Waals surface area contributed by atoms with Gasteiger partial charge in [0.05, 0.1) is 6.54 Å². The quantitative estimate of drug-likeness (QED) is 0.771. The Labute approximate surface area is 151 Å². The summed E-state index contributed by atoms with van der Waals surface area (Å²) < 4.78 is 10.6. The van der Waals surface area contributed by atoms with Gasteiger partial charge in [0.25, 0.3) is 0 Å². The van der Waals surface area contributed by atoms with Crippen molar-refractivity contribution in [1.29, 1.82) is 0 Å². The Morgan fingerprint density at radius 2 is 2.04 bits per heavy atom. The molecule has 26 heavy (non-hydrogen) atoms. The molecule has 0 aromatic heterocycles. The van der Waals surface area contributed by atoms with Crippen LogP contribution >= 0.6 is 0 Å². The van der Waals surface area contributed by atoms with E-state index >= 15 is 0 Å². The molecule has 2 aliphatic heterocycles. The maximum atomic E-state index is 12.4. The van der Waals surface area contributed by atoms with Gasteiger partial charge in [0.15, 0.2) is 11.5 Å². The molecule has 0 spiro atoms. The van der Waals surface area contributed by atoms with E-state index in [-0.39, 0.29) is 37.1 Å². The molecule has 140 valence electrons. The highest BCUT2D eigenvalue weighted by atomic mass is 16.7. The minimum Gasteiger partial charge on any atom is -0.454 e. The lowest BCUT2D eigenvalue weighted by Crippen LogP contribution is -2.47. The third-order valence-electron chi connectivity index (χ3n) is 4.29. The van der Waals surface area contributed by atoms with Gasteiger partial charge in [0.1, 0.15) is 6.04 Å². The molecule has 1 aromatic carbocycles. The summed E-state index contributed by atoms with van der Waals surface area (Å²) in [6.07, 6.45) is 0.766. The van der Waals surface area contributed by atoms with Gasteiger partial charge in [-0.15, -0.1) is 0 Å². The van der Waals surface area contributed by atoms with E-state index in [1.165, 1.54) is 0 Å². The summed E-state index contributed by atoms with van der Waals surface area (Å²) in [4.78, 5) is 37.9. The molecular formula is C18H23N3O5. The summed E-state index contributed by atoms with van der Waals surface area (Å²) >= 11 is 0. The topological polar surface area (TPSA) is 97.0 Å². The molecule has 0 aliphatic carbocycles. The SMILES string of the molecule is CC(C)NC(=O)CNC(=O)C1CCC(=O)N1Cc1ccc2c(c1)OCO2. The lowest BCUT2D eigenvalue weighted by Gasteiger charge is -2.24. The number of benzene rings is 1. The maximum Gasteiger partial charge on any atom is 0.243 e. The first-order valence-electron chi connectivity index (χ1n) is 8.69. The second-order valence-corrected chi connectivity index (χ2v) is 6.70. The minimum atomic E-state index is -0.570. The normalized spacial score (nSPS) is 18.3. The first-order chi connectivity index (χ1) is 12.4. The number of hydrogen-bond acceptors (Lipinski definition) is 5. The van der Waals surface area contributed by atoms with Crippen LogP contribution in [0.2, 0.25) is 0 Å². The Morgan fingerprint density at radius 1 is 1.27 bits per heavy atom. The highest BCUT2D eigenvalue weighted by Crippen LogP contribution is 2.33. The van der Waals surface area contributed by atoms with Crippen LogP contribution in [0, 0.1) is 0 Å². The summed E-state index contributed by atoms with van der Waals surface area (Å²) in [7, 11) is 0. The number of carbonyl (C=O) groups excluding carboxylic acids is 3. The second-order valence-electron chi connectivity index (χ2n) is 6.70. The van der Waals surface area contributed by atoms with Gasteiger partial charge >= 0.3 is 0 Å². The number of nitrogens with zero attached hydrogens (tertiary/aromatic N) is 1. The summed E-state index contributed by atoms with van der Waals surface area (Å²) in [6, 6.07) is 4.90. The molecule has 2 heterocycles. The van der Waals surface area contributed by atoms with Crippen LogP contribution < -0.4 is 20.1 Å². The van der Waals surface area contributed by atoms with E-state index in [1.54, 1.807) is 11.0 Å². The van der Waals surface area contributed by atoms with E-state index < -0.39 is 6.04 Å². The minimum absolute atomic E-state index is 0.00923. The predicted octanol–water partition coefficient (Wildman–Crippen LogP) is 0.547. The average Bonchev–Trinajstić information content (AvgIpc) is 3.19. The zero-order valence-corrected chi connectivity index (χ0v) is 14.9. The molecule has 0 radical (unpaired) electrons. The highest BCUT2D eigenvalue weighted by Gasteiger charge is 2.36. The van der Waals surface area contributed by atoms with E-state index in [2.05, 4.69) is 10.6 Å². The van der Waals surface area contributed by atoms with Crippen LogP contribution in [0.1, 0.15) is 32.3 Å². The fourth-order valence-corrected chi connectivity index (χ4v) is 3.10. The van der Waals surface area contributed by atoms with Gasteiger partial charge < -0.3 is 25.0 Å². The van der Waals surface area contributed by atoms with Crippen molar-refractivity contribution in [2.45, 2.75) is 45.3 Å². The second kappa shape index (κ2) is 7.63. The third kappa shape index (κ3) is 4.07. The van der Waals surface area contributed by atoms with Crippen LogP contribution in [-0.2, 0) is 20.9 Å². The average molecular weight is 361 g/mol. The van der Waals surface area contributed by atoms with E-state index in [4.69, 9.17) is 9.47 Å². The lowest BCUT2D eigenvalue weighted by atomic mass is 10.1. The highest BCUT2D eigenvalue weighted by molar-refractivity contribution is 5.92. The van der Waals surface area contributed by atoms with Gasteiger partial charge in [-0.2, -0.15) is 0 Å². The summed E-state index contributed by atoms with van der Waals surface area (Å²) in [6.45, 7) is 4.10. The van der Waals surface area contributed by atoms with E-state index in [1.807, 2.05) is 26.0 Å². The number of fused-ring (bicyclic) bond motifs is 1. The van der Waals surface area contributed by atoms with Gasteiger partial charge in [-0.3, -0.25) is 14.4 Å². The fraction of sp³-hybridized carbons (Fsp3) is 0.500. The number of hydrogen-bond donors (Lipinski definition) is 2. The molecule has 2 N–H and O–H groups in total. The van der Waals surface area contributed by atoms with Crippen LogP contribution in [0.15, 0.2) is 18.2 Å². The van der Waals surface area contributed by atoms with Crippen molar-refractivity contribution < 1.29 is 23.9 Å². The molecule has 8 heteroatoms. The molecule has 1 fully saturated rings. The molecule has 1 unspecified atom stereocenters. The number of amides is 3. The molecule has 3 rings (SSSR count). The van der Waals surface area contributed by atoms with Gasteiger partial charge in [-0.05, 0) is 38.0 Å². The number of rotatable bonds is 6. The molecular weight excluding hydrogens is 338 g/mol. The van der Waals surface area contributed by atoms with E-state index in [0.717, 1.165) is 5.56 Å². The Bertz CT molecular complexity index is 719. The van der Waals surface area contributed by atoms with Gasteiger partial charge in [0, 0.05) is 19.0 Å². The van der Waals surface area contributed by atoms with Crippen LogP contribution in [0.4, 0.5) is 0 Å². The monoisotopic (exact) mass is 361 g/mol. The zero-order valence-electron chi connectivity index (χ0n) is 14.9. The van der Waals surface area contributed by atoms with Crippen LogP contribution in [-0.4, -0.2) is 48.0 Å². The number of carbonyl (C=O) groups is 3. The zero-order chi connectivity index (χ0) is 18.7. The molecule has 0 saturated carbocycles. The summed E-state index contributed by atoms with van der Waals surface area (Å²) in [5.74, 6) is 0.678. The fourth-order valence-electron chi connectivity index (χ4n) is 3.10. The molecule has 1 saturated heterocycles. The molecule has 2 aliphatic rings. The Kier molecular flexibility index (Phi) is 5.29. The molecule has 1 atom stereocenters. The Hall–Kier alpha value is -2.77. The van der Waals surface area contributed by atoms with Gasteiger partial charge in [0.2, 0.25) is 24.5 Å². The largest absolute Gasteiger partial charge is 0.454 e. The Balaban J connectivity index is 1.61. The van der Waals surface area contributed by atoms with Crippen molar-refractivity contribution >= 4 is 17.7 Å².